The molecule has 0 aliphatic carbocycles. The lowest BCUT2D eigenvalue weighted by atomic mass is 9.87. The van der Waals surface area contributed by atoms with Crippen molar-refractivity contribution in [3.63, 3.8) is 0 Å². The molecule has 22 heavy (non-hydrogen) atoms. The van der Waals surface area contributed by atoms with Gasteiger partial charge < -0.3 is 4.74 Å². The topological polar surface area (TPSA) is 43.4 Å². The zero-order valence-corrected chi connectivity index (χ0v) is 13.3. The van der Waals surface area contributed by atoms with Crippen molar-refractivity contribution < 1.29 is 14.3 Å². The summed E-state index contributed by atoms with van der Waals surface area (Å²) in [6, 6.07) is 14.7. The van der Waals surface area contributed by atoms with Crippen molar-refractivity contribution in [3.05, 3.63) is 64.7 Å². The highest BCUT2D eigenvalue weighted by atomic mass is 35.5. The van der Waals surface area contributed by atoms with Gasteiger partial charge in [-0.15, -0.1) is 0 Å². The predicted molar refractivity (Wildman–Crippen MR) is 86.3 cm³/mol. The summed E-state index contributed by atoms with van der Waals surface area (Å²) < 4.78 is 5.28. The molecular weight excluding hydrogens is 300 g/mol. The number of hydrogen-bond acceptors (Lipinski definition) is 3. The molecule has 0 saturated carbocycles. The SMILES string of the molecule is CC(=O)CC(c1ccccc1)c1cc(Cl)ccc1OC(C)=O. The number of carbonyl (C=O) groups is 2. The quantitative estimate of drug-likeness (QED) is 0.607. The summed E-state index contributed by atoms with van der Waals surface area (Å²) >= 11 is 6.10. The number of carbonyl (C=O) groups excluding carboxylic acids is 2. The third kappa shape index (κ3) is 4.18. The molecule has 0 heterocycles. The number of rotatable bonds is 5. The van der Waals surface area contributed by atoms with Gasteiger partial charge >= 0.3 is 5.97 Å². The van der Waals surface area contributed by atoms with Gasteiger partial charge in [-0.2, -0.15) is 0 Å². The maximum atomic E-state index is 11.7. The average Bonchev–Trinajstić information content (AvgIpc) is 2.47. The van der Waals surface area contributed by atoms with Crippen LogP contribution in [0.3, 0.4) is 0 Å². The van der Waals surface area contributed by atoms with Gasteiger partial charge in [0.1, 0.15) is 11.5 Å². The molecule has 4 heteroatoms. The fourth-order valence-corrected chi connectivity index (χ4v) is 2.60. The lowest BCUT2D eigenvalue weighted by molar-refractivity contribution is -0.131. The van der Waals surface area contributed by atoms with Crippen LogP contribution in [-0.2, 0) is 9.59 Å². The summed E-state index contributed by atoms with van der Waals surface area (Å²) in [7, 11) is 0. The number of benzene rings is 2. The van der Waals surface area contributed by atoms with Gasteiger partial charge in [0.15, 0.2) is 0 Å². The zero-order chi connectivity index (χ0) is 16.1. The van der Waals surface area contributed by atoms with Crippen LogP contribution in [0.2, 0.25) is 5.02 Å². The van der Waals surface area contributed by atoms with E-state index >= 15 is 0 Å². The van der Waals surface area contributed by atoms with Crippen LogP contribution in [0.25, 0.3) is 0 Å². The molecule has 1 atom stereocenters. The van der Waals surface area contributed by atoms with Crippen molar-refractivity contribution in [3.8, 4) is 5.75 Å². The van der Waals surface area contributed by atoms with E-state index in [-0.39, 0.29) is 11.7 Å². The predicted octanol–water partition coefficient (Wildman–Crippen LogP) is 4.38. The smallest absolute Gasteiger partial charge is 0.308 e. The fourth-order valence-electron chi connectivity index (χ4n) is 2.42. The Morgan fingerprint density at radius 3 is 2.36 bits per heavy atom. The van der Waals surface area contributed by atoms with E-state index in [0.29, 0.717) is 17.2 Å². The summed E-state index contributed by atoms with van der Waals surface area (Å²) in [4.78, 5) is 23.0. The van der Waals surface area contributed by atoms with Crippen LogP contribution < -0.4 is 4.74 Å². The summed E-state index contributed by atoms with van der Waals surface area (Å²) in [5, 5.41) is 0.537. The second kappa shape index (κ2) is 7.23. The minimum Gasteiger partial charge on any atom is -0.426 e. The Morgan fingerprint density at radius 2 is 1.77 bits per heavy atom. The maximum Gasteiger partial charge on any atom is 0.308 e. The summed E-state index contributed by atoms with van der Waals surface area (Å²) in [5.41, 5.74) is 1.72. The van der Waals surface area contributed by atoms with E-state index in [1.165, 1.54) is 6.92 Å². The van der Waals surface area contributed by atoms with Gasteiger partial charge in [0, 0.05) is 29.8 Å². The Hall–Kier alpha value is -2.13. The Kier molecular flexibility index (Phi) is 5.34. The average molecular weight is 317 g/mol. The molecule has 0 amide bonds. The molecule has 0 N–H and O–H groups in total. The Balaban J connectivity index is 2.53. The minimum atomic E-state index is -0.404. The zero-order valence-electron chi connectivity index (χ0n) is 12.5. The molecule has 2 aromatic carbocycles. The molecule has 0 radical (unpaired) electrons. The molecule has 3 nitrogen and oxygen atoms in total. The molecule has 0 fully saturated rings. The van der Waals surface area contributed by atoms with Crippen LogP contribution in [0.1, 0.15) is 37.3 Å². The van der Waals surface area contributed by atoms with Gasteiger partial charge in [0.2, 0.25) is 0 Å². The van der Waals surface area contributed by atoms with Crippen molar-refractivity contribution in [2.75, 3.05) is 0 Å². The maximum absolute atomic E-state index is 11.7. The van der Waals surface area contributed by atoms with E-state index < -0.39 is 5.97 Å². The van der Waals surface area contributed by atoms with E-state index in [9.17, 15) is 9.59 Å². The number of Topliss-reactive ketones (excluding diaryl/α,β-unsaturated/α-hetero) is 1. The van der Waals surface area contributed by atoms with E-state index in [1.54, 1.807) is 25.1 Å². The first-order chi connectivity index (χ1) is 10.5. The van der Waals surface area contributed by atoms with Gasteiger partial charge in [-0.25, -0.2) is 0 Å². The number of halogens is 1. The third-order valence-electron chi connectivity index (χ3n) is 3.29. The molecule has 0 saturated heterocycles. The molecule has 0 spiro atoms. The molecule has 2 rings (SSSR count). The first-order valence-electron chi connectivity index (χ1n) is 6.99. The van der Waals surface area contributed by atoms with Gasteiger partial charge in [-0.3, -0.25) is 9.59 Å². The molecular formula is C18H17ClO3. The lowest BCUT2D eigenvalue weighted by Gasteiger charge is -2.20. The Bertz CT molecular complexity index is 680. The second-order valence-electron chi connectivity index (χ2n) is 5.15. The first-order valence-corrected chi connectivity index (χ1v) is 7.37. The van der Waals surface area contributed by atoms with Crippen molar-refractivity contribution in [1.82, 2.24) is 0 Å². The molecule has 114 valence electrons. The van der Waals surface area contributed by atoms with Crippen LogP contribution >= 0.6 is 11.6 Å². The monoisotopic (exact) mass is 316 g/mol. The van der Waals surface area contributed by atoms with E-state index in [0.717, 1.165) is 11.1 Å². The van der Waals surface area contributed by atoms with Crippen LogP contribution in [0.5, 0.6) is 5.75 Å². The van der Waals surface area contributed by atoms with Gasteiger partial charge in [0.05, 0.1) is 0 Å². The van der Waals surface area contributed by atoms with Gasteiger partial charge in [-0.05, 0) is 30.7 Å². The molecule has 0 bridgehead atoms. The number of esters is 1. The first kappa shape index (κ1) is 16.2. The highest BCUT2D eigenvalue weighted by Crippen LogP contribution is 2.36. The normalized spacial score (nSPS) is 11.8. The van der Waals surface area contributed by atoms with Crippen molar-refractivity contribution in [1.29, 1.82) is 0 Å². The summed E-state index contributed by atoms with van der Waals surface area (Å²) in [6.45, 7) is 2.90. The van der Waals surface area contributed by atoms with Crippen molar-refractivity contribution in [2.45, 2.75) is 26.2 Å². The Labute approximate surface area is 134 Å². The lowest BCUT2D eigenvalue weighted by Crippen LogP contribution is -2.10. The van der Waals surface area contributed by atoms with Crippen LogP contribution in [0, 0.1) is 0 Å². The Morgan fingerprint density at radius 1 is 1.09 bits per heavy atom. The van der Waals surface area contributed by atoms with Gasteiger partial charge in [0.25, 0.3) is 0 Å². The van der Waals surface area contributed by atoms with Crippen LogP contribution in [0.4, 0.5) is 0 Å². The summed E-state index contributed by atoms with van der Waals surface area (Å²) in [5.74, 6) is -0.112. The van der Waals surface area contributed by atoms with Gasteiger partial charge in [-0.1, -0.05) is 41.9 Å². The van der Waals surface area contributed by atoms with E-state index in [1.807, 2.05) is 30.3 Å². The minimum absolute atomic E-state index is 0.0580. The largest absolute Gasteiger partial charge is 0.426 e. The molecule has 0 aliphatic rings. The number of ether oxygens (including phenoxy) is 1. The van der Waals surface area contributed by atoms with Crippen LogP contribution in [0.15, 0.2) is 48.5 Å². The van der Waals surface area contributed by atoms with E-state index in [4.69, 9.17) is 16.3 Å². The van der Waals surface area contributed by atoms with Crippen molar-refractivity contribution >= 4 is 23.4 Å². The van der Waals surface area contributed by atoms with Crippen molar-refractivity contribution in [2.24, 2.45) is 0 Å². The van der Waals surface area contributed by atoms with Crippen LogP contribution in [-0.4, -0.2) is 11.8 Å². The standard InChI is InChI=1S/C18H17ClO3/c1-12(20)10-16(14-6-4-3-5-7-14)17-11-15(19)8-9-18(17)22-13(2)21/h3-9,11,16H,10H2,1-2H3. The molecule has 0 aromatic heterocycles. The highest BCUT2D eigenvalue weighted by Gasteiger charge is 2.21. The highest BCUT2D eigenvalue weighted by molar-refractivity contribution is 6.30. The molecule has 0 aliphatic heterocycles. The summed E-state index contributed by atoms with van der Waals surface area (Å²) in [6.07, 6.45) is 0.318. The number of ketones is 1. The van der Waals surface area contributed by atoms with E-state index in [2.05, 4.69) is 0 Å². The second-order valence-corrected chi connectivity index (χ2v) is 5.58. The molecule has 2 aromatic rings. The molecule has 1 unspecified atom stereocenters. The fraction of sp³-hybridized carbons (Fsp3) is 0.222. The number of hydrogen-bond donors (Lipinski definition) is 0. The third-order valence-corrected chi connectivity index (χ3v) is 3.53.